The summed E-state index contributed by atoms with van der Waals surface area (Å²) >= 11 is 6.07. The lowest BCUT2D eigenvalue weighted by molar-refractivity contribution is -0.889. The van der Waals surface area contributed by atoms with Crippen molar-refractivity contribution >= 4 is 23.2 Å². The first-order valence-corrected chi connectivity index (χ1v) is 11.0. The SMILES string of the molecule is COc1cc(N)c(Cl)cc1C(=O)N[C@@H]1CC[N+]([O-])(CCCOc2ccc(F)cc2)C[C@@H]1OC. The molecule has 1 heterocycles. The number of nitrogens with two attached hydrogens (primary N) is 1. The van der Waals surface area contributed by atoms with Crippen LogP contribution in [0.25, 0.3) is 0 Å². The molecule has 1 fully saturated rings. The first kappa shape index (κ1) is 25.0. The van der Waals surface area contributed by atoms with E-state index in [-0.39, 0.29) is 34.9 Å². The van der Waals surface area contributed by atoms with Gasteiger partial charge in [0.05, 0.1) is 49.1 Å². The molecule has 0 radical (unpaired) electrons. The maximum atomic E-state index is 13.2. The van der Waals surface area contributed by atoms with E-state index < -0.39 is 10.8 Å². The minimum Gasteiger partial charge on any atom is -0.633 e. The van der Waals surface area contributed by atoms with Gasteiger partial charge in [-0.25, -0.2) is 4.39 Å². The Bertz CT molecular complexity index is 962. The zero-order valence-corrected chi connectivity index (χ0v) is 19.4. The molecular weight excluding hydrogens is 453 g/mol. The highest BCUT2D eigenvalue weighted by molar-refractivity contribution is 6.33. The molecule has 3 atom stereocenters. The fourth-order valence-electron chi connectivity index (χ4n) is 3.95. The number of hydrogen-bond donors (Lipinski definition) is 2. The van der Waals surface area contributed by atoms with Crippen LogP contribution in [-0.2, 0) is 4.74 Å². The van der Waals surface area contributed by atoms with Crippen molar-refractivity contribution in [2.45, 2.75) is 25.0 Å². The molecular formula is C23H29ClFN3O5. The molecule has 0 aliphatic carbocycles. The summed E-state index contributed by atoms with van der Waals surface area (Å²) in [5.74, 6) is 0.168. The summed E-state index contributed by atoms with van der Waals surface area (Å²) in [7, 11) is 2.97. The highest BCUT2D eigenvalue weighted by Crippen LogP contribution is 2.29. The van der Waals surface area contributed by atoms with Gasteiger partial charge in [-0.1, -0.05) is 11.6 Å². The zero-order valence-electron chi connectivity index (χ0n) is 18.7. The largest absolute Gasteiger partial charge is 0.633 e. The monoisotopic (exact) mass is 481 g/mol. The summed E-state index contributed by atoms with van der Waals surface area (Å²) in [6, 6.07) is 8.38. The Kier molecular flexibility index (Phi) is 8.36. The van der Waals surface area contributed by atoms with E-state index in [1.165, 1.54) is 38.5 Å². The molecule has 1 amide bonds. The molecule has 8 nitrogen and oxygen atoms in total. The fraction of sp³-hybridized carbons (Fsp3) is 0.435. The van der Waals surface area contributed by atoms with Gasteiger partial charge in [0.2, 0.25) is 0 Å². The fourth-order valence-corrected chi connectivity index (χ4v) is 4.11. The molecule has 33 heavy (non-hydrogen) atoms. The summed E-state index contributed by atoms with van der Waals surface area (Å²) in [6.07, 6.45) is 0.543. The van der Waals surface area contributed by atoms with E-state index in [1.807, 2.05) is 0 Å². The number of halogens is 2. The molecule has 0 spiro atoms. The molecule has 0 saturated carbocycles. The highest BCUT2D eigenvalue weighted by Gasteiger charge is 2.37. The minimum atomic E-state index is -0.450. The quantitative estimate of drug-likeness (QED) is 0.246. The van der Waals surface area contributed by atoms with Crippen molar-refractivity contribution in [1.82, 2.24) is 5.32 Å². The molecule has 1 saturated heterocycles. The molecule has 180 valence electrons. The predicted octanol–water partition coefficient (Wildman–Crippen LogP) is 3.37. The second-order valence-electron chi connectivity index (χ2n) is 8.06. The maximum absolute atomic E-state index is 13.2. The van der Waals surface area contributed by atoms with E-state index in [2.05, 4.69) is 5.32 Å². The number of methoxy groups -OCH3 is 2. The van der Waals surface area contributed by atoms with Crippen LogP contribution in [-0.4, -0.2) is 63.2 Å². The molecule has 1 aliphatic heterocycles. The first-order chi connectivity index (χ1) is 15.7. The van der Waals surface area contributed by atoms with Crippen LogP contribution in [0.1, 0.15) is 23.2 Å². The van der Waals surface area contributed by atoms with Gasteiger partial charge in [0, 0.05) is 26.0 Å². The summed E-state index contributed by atoms with van der Waals surface area (Å²) in [6.45, 7) is 1.24. The number of hydroxylamine groups is 3. The topological polar surface area (TPSA) is 106 Å². The number of ether oxygens (including phenoxy) is 3. The van der Waals surface area contributed by atoms with Gasteiger partial charge in [0.1, 0.15) is 30.0 Å². The van der Waals surface area contributed by atoms with Gasteiger partial charge in [-0.3, -0.25) is 4.79 Å². The van der Waals surface area contributed by atoms with Crippen LogP contribution < -0.4 is 20.5 Å². The second kappa shape index (κ2) is 11.0. The molecule has 0 bridgehead atoms. The number of anilines is 1. The van der Waals surface area contributed by atoms with Gasteiger partial charge in [-0.15, -0.1) is 0 Å². The van der Waals surface area contributed by atoms with Gasteiger partial charge in [-0.05, 0) is 30.3 Å². The van der Waals surface area contributed by atoms with E-state index in [4.69, 9.17) is 31.5 Å². The Morgan fingerprint density at radius 1 is 1.30 bits per heavy atom. The normalized spacial score (nSPS) is 22.6. The zero-order chi connectivity index (χ0) is 24.0. The Morgan fingerprint density at radius 3 is 2.70 bits per heavy atom. The number of carbonyl (C=O) groups excluding carboxylic acids is 1. The molecule has 0 aromatic heterocycles. The van der Waals surface area contributed by atoms with Crippen molar-refractivity contribution in [2.75, 3.05) is 46.2 Å². The molecule has 3 rings (SSSR count). The number of nitrogens with one attached hydrogen (secondary N) is 1. The van der Waals surface area contributed by atoms with Crippen molar-refractivity contribution in [3.05, 3.63) is 58.0 Å². The average molecular weight is 482 g/mol. The third-order valence-corrected chi connectivity index (χ3v) is 6.11. The lowest BCUT2D eigenvalue weighted by Gasteiger charge is -2.50. The molecule has 2 aromatic rings. The Morgan fingerprint density at radius 2 is 2.03 bits per heavy atom. The Hall–Kier alpha value is -2.59. The molecule has 10 heteroatoms. The van der Waals surface area contributed by atoms with Crippen LogP contribution in [0.4, 0.5) is 10.1 Å². The number of benzene rings is 2. The Balaban J connectivity index is 1.54. The number of rotatable bonds is 9. The number of nitrogen functional groups attached to an aromatic ring is 1. The van der Waals surface area contributed by atoms with Gasteiger partial charge < -0.3 is 35.1 Å². The minimum absolute atomic E-state index is 0.206. The van der Waals surface area contributed by atoms with Gasteiger partial charge in [-0.2, -0.15) is 0 Å². The van der Waals surface area contributed by atoms with Crippen LogP contribution >= 0.6 is 11.6 Å². The standard InChI is InChI=1S/C23H29ClFN3O5/c1-31-21-13-19(26)18(24)12-17(21)23(29)27-20-8-10-28(30,14-22(20)32-2)9-3-11-33-16-6-4-15(25)5-7-16/h4-7,12-13,20,22H,3,8-11,14,26H2,1-2H3,(H,27,29)/t20-,22+,28?/m1/s1. The molecule has 3 N–H and O–H groups in total. The number of hydrogen-bond acceptors (Lipinski definition) is 6. The van der Waals surface area contributed by atoms with E-state index in [0.717, 1.165) is 0 Å². The van der Waals surface area contributed by atoms with Gasteiger partial charge >= 0.3 is 0 Å². The number of carbonyl (C=O) groups is 1. The summed E-state index contributed by atoms with van der Waals surface area (Å²) < 4.78 is 28.9. The number of amides is 1. The third kappa shape index (κ3) is 6.48. The maximum Gasteiger partial charge on any atom is 0.255 e. The molecule has 1 unspecified atom stereocenters. The van der Waals surface area contributed by atoms with Gasteiger partial charge in [0.25, 0.3) is 5.91 Å². The van der Waals surface area contributed by atoms with Crippen molar-refractivity contribution in [2.24, 2.45) is 0 Å². The highest BCUT2D eigenvalue weighted by atomic mass is 35.5. The predicted molar refractivity (Wildman–Crippen MR) is 124 cm³/mol. The van der Waals surface area contributed by atoms with E-state index in [9.17, 15) is 14.4 Å². The lowest BCUT2D eigenvalue weighted by Crippen LogP contribution is -2.61. The summed E-state index contributed by atoms with van der Waals surface area (Å²) in [4.78, 5) is 12.9. The van der Waals surface area contributed by atoms with Crippen LogP contribution in [0.2, 0.25) is 5.02 Å². The van der Waals surface area contributed by atoms with Crippen LogP contribution in [0.5, 0.6) is 11.5 Å². The van der Waals surface area contributed by atoms with Crippen LogP contribution in [0, 0.1) is 11.0 Å². The average Bonchev–Trinajstić information content (AvgIpc) is 2.80. The summed E-state index contributed by atoms with van der Waals surface area (Å²) in [5, 5.41) is 16.4. The number of piperidine rings is 1. The van der Waals surface area contributed by atoms with Crippen molar-refractivity contribution in [3.63, 3.8) is 0 Å². The van der Waals surface area contributed by atoms with E-state index in [0.29, 0.717) is 49.7 Å². The second-order valence-corrected chi connectivity index (χ2v) is 8.47. The van der Waals surface area contributed by atoms with E-state index >= 15 is 0 Å². The Labute approximate surface area is 197 Å². The van der Waals surface area contributed by atoms with Crippen molar-refractivity contribution in [3.8, 4) is 11.5 Å². The van der Waals surface area contributed by atoms with E-state index in [1.54, 1.807) is 12.1 Å². The molecule has 2 aromatic carbocycles. The van der Waals surface area contributed by atoms with Crippen LogP contribution in [0.15, 0.2) is 36.4 Å². The number of quaternary nitrogens is 1. The number of likely N-dealkylation sites (tertiary alicyclic amines) is 1. The molecule has 1 aliphatic rings. The van der Waals surface area contributed by atoms with Crippen molar-refractivity contribution < 1.29 is 28.0 Å². The van der Waals surface area contributed by atoms with Crippen LogP contribution in [0.3, 0.4) is 0 Å². The first-order valence-electron chi connectivity index (χ1n) is 10.7. The number of nitrogens with zero attached hydrogens (tertiary/aromatic N) is 1. The lowest BCUT2D eigenvalue weighted by atomic mass is 10.00. The third-order valence-electron chi connectivity index (χ3n) is 5.78. The summed E-state index contributed by atoms with van der Waals surface area (Å²) in [5.41, 5.74) is 6.36. The van der Waals surface area contributed by atoms with Gasteiger partial charge in [0.15, 0.2) is 0 Å². The van der Waals surface area contributed by atoms with Crippen molar-refractivity contribution in [1.29, 1.82) is 0 Å². The smallest absolute Gasteiger partial charge is 0.255 e.